The summed E-state index contributed by atoms with van der Waals surface area (Å²) in [4.78, 5) is 0. The predicted molar refractivity (Wildman–Crippen MR) is 97.7 cm³/mol. The molecule has 0 radical (unpaired) electrons. The van der Waals surface area contributed by atoms with Gasteiger partial charge in [-0.05, 0) is 51.9 Å². The van der Waals surface area contributed by atoms with E-state index in [9.17, 15) is 0 Å². The van der Waals surface area contributed by atoms with Crippen LogP contribution in [0.3, 0.4) is 0 Å². The number of anilines is 1. The summed E-state index contributed by atoms with van der Waals surface area (Å²) in [5.41, 5.74) is 15.1. The molecule has 2 N–H and O–H groups in total. The molecule has 1 heteroatoms. The van der Waals surface area contributed by atoms with Crippen LogP contribution in [0.25, 0.3) is 11.1 Å². The summed E-state index contributed by atoms with van der Waals surface area (Å²) in [6.07, 6.45) is 0.962. The van der Waals surface area contributed by atoms with Gasteiger partial charge < -0.3 is 5.73 Å². The molecule has 0 unspecified atom stereocenters. The molecule has 0 amide bonds. The molecule has 0 fully saturated rings. The van der Waals surface area contributed by atoms with Crippen molar-refractivity contribution in [1.82, 2.24) is 0 Å². The first kappa shape index (κ1) is 14.1. The van der Waals surface area contributed by atoms with Crippen LogP contribution in [0.2, 0.25) is 0 Å². The largest absolute Gasteiger partial charge is 0.399 e. The fourth-order valence-electron chi connectivity index (χ4n) is 3.84. The summed E-state index contributed by atoms with van der Waals surface area (Å²) in [7, 11) is 0. The van der Waals surface area contributed by atoms with E-state index >= 15 is 0 Å². The highest BCUT2D eigenvalue weighted by Crippen LogP contribution is 2.50. The summed E-state index contributed by atoms with van der Waals surface area (Å²) < 4.78 is 0. The number of rotatable bonds is 2. The third kappa shape index (κ3) is 2.16. The van der Waals surface area contributed by atoms with Crippen LogP contribution in [0.5, 0.6) is 0 Å². The van der Waals surface area contributed by atoms with Gasteiger partial charge in [0.2, 0.25) is 0 Å². The zero-order chi connectivity index (χ0) is 16.0. The van der Waals surface area contributed by atoms with E-state index in [1.807, 2.05) is 6.07 Å². The van der Waals surface area contributed by atoms with Gasteiger partial charge >= 0.3 is 0 Å². The lowest BCUT2D eigenvalue weighted by Crippen LogP contribution is -2.15. The molecular weight excluding hydrogens is 278 g/mol. The second-order valence-corrected chi connectivity index (χ2v) is 6.93. The van der Waals surface area contributed by atoms with Crippen molar-refractivity contribution in [2.24, 2.45) is 0 Å². The quantitative estimate of drug-likeness (QED) is 0.649. The van der Waals surface area contributed by atoms with Crippen LogP contribution in [0.4, 0.5) is 5.69 Å². The van der Waals surface area contributed by atoms with Gasteiger partial charge in [-0.1, -0.05) is 68.4 Å². The van der Waals surface area contributed by atoms with Gasteiger partial charge in [0.1, 0.15) is 0 Å². The summed E-state index contributed by atoms with van der Waals surface area (Å²) in [5.74, 6) is 0. The van der Waals surface area contributed by atoms with E-state index in [-0.39, 0.29) is 5.41 Å². The van der Waals surface area contributed by atoms with Crippen LogP contribution >= 0.6 is 0 Å². The SMILES string of the molecule is CC1(C)c2cc(N)ccc2-c2c(Cc3ccccc3)cccc21. The number of fused-ring (bicyclic) bond motifs is 3. The van der Waals surface area contributed by atoms with Crippen molar-refractivity contribution in [3.8, 4) is 11.1 Å². The smallest absolute Gasteiger partial charge is 0.0317 e. The number of nitrogen functional groups attached to an aromatic ring is 1. The van der Waals surface area contributed by atoms with Crippen LogP contribution in [0.15, 0.2) is 66.7 Å². The Bertz CT molecular complexity index is 876. The lowest BCUT2D eigenvalue weighted by atomic mass is 9.82. The van der Waals surface area contributed by atoms with E-state index in [0.29, 0.717) is 0 Å². The van der Waals surface area contributed by atoms with Gasteiger partial charge in [0.25, 0.3) is 0 Å². The molecule has 3 aromatic rings. The molecule has 0 aliphatic heterocycles. The van der Waals surface area contributed by atoms with Crippen molar-refractivity contribution < 1.29 is 0 Å². The van der Waals surface area contributed by atoms with Gasteiger partial charge in [0.05, 0.1) is 0 Å². The van der Waals surface area contributed by atoms with E-state index in [1.54, 1.807) is 0 Å². The normalized spacial score (nSPS) is 14.3. The van der Waals surface area contributed by atoms with Crippen molar-refractivity contribution in [3.05, 3.63) is 89.0 Å². The molecule has 4 rings (SSSR count). The first-order valence-corrected chi connectivity index (χ1v) is 8.14. The molecule has 3 aromatic carbocycles. The molecule has 1 aliphatic carbocycles. The first-order chi connectivity index (χ1) is 11.1. The highest BCUT2D eigenvalue weighted by molar-refractivity contribution is 5.84. The van der Waals surface area contributed by atoms with Gasteiger partial charge in [-0.2, -0.15) is 0 Å². The Morgan fingerprint density at radius 1 is 0.826 bits per heavy atom. The Morgan fingerprint density at radius 2 is 1.61 bits per heavy atom. The van der Waals surface area contributed by atoms with Gasteiger partial charge in [-0.15, -0.1) is 0 Å². The van der Waals surface area contributed by atoms with Crippen LogP contribution < -0.4 is 5.73 Å². The van der Waals surface area contributed by atoms with Crippen molar-refractivity contribution in [3.63, 3.8) is 0 Å². The third-order valence-corrected chi connectivity index (χ3v) is 5.05. The van der Waals surface area contributed by atoms with E-state index in [1.165, 1.54) is 33.4 Å². The fourth-order valence-corrected chi connectivity index (χ4v) is 3.84. The molecule has 23 heavy (non-hydrogen) atoms. The molecule has 0 heterocycles. The minimum Gasteiger partial charge on any atom is -0.399 e. The van der Waals surface area contributed by atoms with E-state index in [4.69, 9.17) is 5.73 Å². The molecule has 114 valence electrons. The molecule has 0 bridgehead atoms. The van der Waals surface area contributed by atoms with E-state index < -0.39 is 0 Å². The standard InChI is InChI=1S/C22H21N/c1-22(2)19-10-6-9-16(13-15-7-4-3-5-8-15)21(19)18-12-11-17(23)14-20(18)22/h3-12,14H,13,23H2,1-2H3. The maximum absolute atomic E-state index is 6.05. The molecular formula is C22H21N. The van der Waals surface area contributed by atoms with Gasteiger partial charge in [0, 0.05) is 11.1 Å². The van der Waals surface area contributed by atoms with Crippen LogP contribution in [0, 0.1) is 0 Å². The van der Waals surface area contributed by atoms with Crippen molar-refractivity contribution >= 4 is 5.69 Å². The topological polar surface area (TPSA) is 26.0 Å². The molecule has 1 nitrogen and oxygen atoms in total. The molecule has 0 saturated carbocycles. The predicted octanol–water partition coefficient (Wildman–Crippen LogP) is 5.17. The minimum atomic E-state index is 0.00669. The zero-order valence-electron chi connectivity index (χ0n) is 13.6. The highest BCUT2D eigenvalue weighted by Gasteiger charge is 2.36. The Morgan fingerprint density at radius 3 is 2.39 bits per heavy atom. The van der Waals surface area contributed by atoms with Gasteiger partial charge in [0.15, 0.2) is 0 Å². The highest BCUT2D eigenvalue weighted by atomic mass is 14.6. The zero-order valence-corrected chi connectivity index (χ0v) is 13.6. The van der Waals surface area contributed by atoms with E-state index in [2.05, 4.69) is 74.5 Å². The summed E-state index contributed by atoms with van der Waals surface area (Å²) in [5, 5.41) is 0. The second-order valence-electron chi connectivity index (χ2n) is 6.93. The number of hydrogen-bond acceptors (Lipinski definition) is 1. The number of nitrogens with two attached hydrogens (primary N) is 1. The maximum Gasteiger partial charge on any atom is 0.0317 e. The van der Waals surface area contributed by atoms with Crippen LogP contribution in [-0.2, 0) is 11.8 Å². The maximum atomic E-state index is 6.05. The lowest BCUT2D eigenvalue weighted by molar-refractivity contribution is 0.660. The average Bonchev–Trinajstić information content (AvgIpc) is 2.77. The second kappa shape index (κ2) is 4.99. The van der Waals surface area contributed by atoms with Crippen LogP contribution in [-0.4, -0.2) is 0 Å². The van der Waals surface area contributed by atoms with E-state index in [0.717, 1.165) is 12.1 Å². The van der Waals surface area contributed by atoms with Gasteiger partial charge in [-0.3, -0.25) is 0 Å². The lowest BCUT2D eigenvalue weighted by Gasteiger charge is -2.21. The molecule has 0 aromatic heterocycles. The molecule has 1 aliphatic rings. The Kier molecular flexibility index (Phi) is 3.05. The van der Waals surface area contributed by atoms with Crippen molar-refractivity contribution in [2.75, 3.05) is 5.73 Å². The van der Waals surface area contributed by atoms with Crippen molar-refractivity contribution in [2.45, 2.75) is 25.7 Å². The van der Waals surface area contributed by atoms with Crippen LogP contribution in [0.1, 0.15) is 36.1 Å². The summed E-state index contributed by atoms with van der Waals surface area (Å²) in [6, 6.07) is 23.7. The fraction of sp³-hybridized carbons (Fsp3) is 0.182. The molecule has 0 atom stereocenters. The molecule has 0 spiro atoms. The monoisotopic (exact) mass is 299 g/mol. The summed E-state index contributed by atoms with van der Waals surface area (Å²) >= 11 is 0. The summed E-state index contributed by atoms with van der Waals surface area (Å²) in [6.45, 7) is 4.59. The first-order valence-electron chi connectivity index (χ1n) is 8.14. The van der Waals surface area contributed by atoms with Gasteiger partial charge in [-0.25, -0.2) is 0 Å². The molecule has 0 saturated heterocycles. The number of hydrogen-bond donors (Lipinski definition) is 1. The average molecular weight is 299 g/mol. The minimum absolute atomic E-state index is 0.00669. The Labute approximate surface area is 137 Å². The Hall–Kier alpha value is -2.54. The Balaban J connectivity index is 1.91. The number of benzene rings is 3. The van der Waals surface area contributed by atoms with Crippen molar-refractivity contribution in [1.29, 1.82) is 0 Å². The third-order valence-electron chi connectivity index (χ3n) is 5.05.